The minimum Gasteiger partial charge on any atom is -0.349 e. The highest BCUT2D eigenvalue weighted by molar-refractivity contribution is 7.09. The lowest BCUT2D eigenvalue weighted by atomic mass is 10.2. The fourth-order valence-electron chi connectivity index (χ4n) is 1.92. The highest BCUT2D eigenvalue weighted by atomic mass is 32.1. The van der Waals surface area contributed by atoms with Gasteiger partial charge >= 0.3 is 0 Å². The fourth-order valence-corrected chi connectivity index (χ4v) is 2.63. The third-order valence-electron chi connectivity index (χ3n) is 3.27. The smallest absolute Gasteiger partial charge is 0.256 e. The molecule has 7 heteroatoms. The van der Waals surface area contributed by atoms with Gasteiger partial charge in [-0.1, -0.05) is 0 Å². The lowest BCUT2D eigenvalue weighted by molar-refractivity contribution is -0.120. The number of nitrogens with one attached hydrogen (secondary N) is 1. The second kappa shape index (κ2) is 6.17. The zero-order chi connectivity index (χ0) is 15.6. The van der Waals surface area contributed by atoms with Crippen LogP contribution in [0.3, 0.4) is 0 Å². The van der Waals surface area contributed by atoms with Crippen molar-refractivity contribution in [1.82, 2.24) is 19.9 Å². The first-order valence-electron chi connectivity index (χ1n) is 6.59. The summed E-state index contributed by atoms with van der Waals surface area (Å²) in [5, 5.41) is 5.61. The van der Waals surface area contributed by atoms with E-state index in [0.29, 0.717) is 23.6 Å². The van der Waals surface area contributed by atoms with Gasteiger partial charge in [0.15, 0.2) is 0 Å². The van der Waals surface area contributed by atoms with Gasteiger partial charge in [0.1, 0.15) is 10.8 Å². The van der Waals surface area contributed by atoms with Gasteiger partial charge in [0, 0.05) is 23.7 Å². The molecule has 2 heterocycles. The van der Waals surface area contributed by atoms with E-state index in [1.165, 1.54) is 15.9 Å². The van der Waals surface area contributed by atoms with Gasteiger partial charge in [-0.2, -0.15) is 0 Å². The standard InChI is InChI=1S/C14H18N4O2S/c1-8-7-21-13(16-8)6-15-12(19)5-11-9(2)14(20)18(4)10(3)17-11/h7H,5-6H2,1-4H3,(H,15,19). The van der Waals surface area contributed by atoms with Crippen LogP contribution in [0.1, 0.15) is 27.8 Å². The second-order valence-corrected chi connectivity index (χ2v) is 5.87. The quantitative estimate of drug-likeness (QED) is 0.915. The molecule has 112 valence electrons. The van der Waals surface area contributed by atoms with Crippen LogP contribution in [0.4, 0.5) is 0 Å². The molecule has 0 bridgehead atoms. The van der Waals surface area contributed by atoms with Crippen LogP contribution in [0.5, 0.6) is 0 Å². The van der Waals surface area contributed by atoms with Crippen molar-refractivity contribution in [2.45, 2.75) is 33.7 Å². The van der Waals surface area contributed by atoms with Gasteiger partial charge in [-0.3, -0.25) is 14.2 Å². The van der Waals surface area contributed by atoms with Crippen molar-refractivity contribution in [3.05, 3.63) is 43.5 Å². The molecule has 0 aliphatic heterocycles. The Labute approximate surface area is 126 Å². The Morgan fingerprint density at radius 3 is 2.67 bits per heavy atom. The molecule has 0 aliphatic carbocycles. The summed E-state index contributed by atoms with van der Waals surface area (Å²) in [5.41, 5.74) is 1.89. The maximum absolute atomic E-state index is 12.0. The van der Waals surface area contributed by atoms with Gasteiger partial charge in [0.05, 0.1) is 18.7 Å². The Morgan fingerprint density at radius 1 is 1.33 bits per heavy atom. The van der Waals surface area contributed by atoms with Gasteiger partial charge < -0.3 is 5.32 Å². The van der Waals surface area contributed by atoms with Gasteiger partial charge in [-0.05, 0) is 20.8 Å². The Hall–Kier alpha value is -2.02. The van der Waals surface area contributed by atoms with Crippen LogP contribution in [-0.2, 0) is 24.8 Å². The van der Waals surface area contributed by atoms with Crippen molar-refractivity contribution in [3.63, 3.8) is 0 Å². The normalized spacial score (nSPS) is 10.7. The van der Waals surface area contributed by atoms with E-state index in [9.17, 15) is 9.59 Å². The Bertz CT molecular complexity index is 733. The number of thiazole rings is 1. The number of carbonyl (C=O) groups is 1. The average Bonchev–Trinajstić information content (AvgIpc) is 2.86. The van der Waals surface area contributed by atoms with E-state index in [1.54, 1.807) is 20.9 Å². The van der Waals surface area contributed by atoms with Crippen molar-refractivity contribution in [2.24, 2.45) is 7.05 Å². The summed E-state index contributed by atoms with van der Waals surface area (Å²) in [4.78, 5) is 32.5. The summed E-state index contributed by atoms with van der Waals surface area (Å²) < 4.78 is 1.48. The van der Waals surface area contributed by atoms with E-state index in [2.05, 4.69) is 15.3 Å². The number of aryl methyl sites for hydroxylation is 2. The van der Waals surface area contributed by atoms with Gasteiger partial charge in [-0.15, -0.1) is 11.3 Å². The average molecular weight is 306 g/mol. The molecule has 0 fully saturated rings. The molecule has 0 spiro atoms. The van der Waals surface area contributed by atoms with Crippen LogP contribution < -0.4 is 10.9 Å². The summed E-state index contributed by atoms with van der Waals surface area (Å²) in [5.74, 6) is 0.440. The van der Waals surface area contributed by atoms with Crippen LogP contribution >= 0.6 is 11.3 Å². The molecular formula is C14H18N4O2S. The van der Waals surface area contributed by atoms with Crippen molar-refractivity contribution >= 4 is 17.2 Å². The van der Waals surface area contributed by atoms with Crippen LogP contribution in [0.2, 0.25) is 0 Å². The molecule has 2 aromatic rings. The maximum atomic E-state index is 12.0. The molecule has 0 radical (unpaired) electrons. The van der Waals surface area contributed by atoms with E-state index in [1.807, 2.05) is 12.3 Å². The molecule has 1 amide bonds. The van der Waals surface area contributed by atoms with Gasteiger partial charge in [0.25, 0.3) is 5.56 Å². The fraction of sp³-hybridized carbons (Fsp3) is 0.429. The maximum Gasteiger partial charge on any atom is 0.256 e. The second-order valence-electron chi connectivity index (χ2n) is 4.93. The largest absolute Gasteiger partial charge is 0.349 e. The van der Waals surface area contributed by atoms with Crippen LogP contribution in [0.15, 0.2) is 10.2 Å². The SMILES string of the molecule is Cc1csc(CNC(=O)Cc2nc(C)n(C)c(=O)c2C)n1. The lowest BCUT2D eigenvalue weighted by Crippen LogP contribution is -2.29. The number of nitrogens with zero attached hydrogens (tertiary/aromatic N) is 3. The van der Waals surface area contributed by atoms with Gasteiger partial charge in [-0.25, -0.2) is 9.97 Å². The highest BCUT2D eigenvalue weighted by Crippen LogP contribution is 2.08. The summed E-state index contributed by atoms with van der Waals surface area (Å²) in [6, 6.07) is 0. The molecule has 0 saturated heterocycles. The molecule has 0 atom stereocenters. The molecule has 2 aromatic heterocycles. The van der Waals surface area contributed by atoms with Crippen LogP contribution in [0.25, 0.3) is 0 Å². The Morgan fingerprint density at radius 2 is 2.05 bits per heavy atom. The third-order valence-corrected chi connectivity index (χ3v) is 4.24. The van der Waals surface area contributed by atoms with Crippen molar-refractivity contribution < 1.29 is 4.79 Å². The molecular weight excluding hydrogens is 288 g/mol. The molecule has 1 N–H and O–H groups in total. The van der Waals surface area contributed by atoms with Crippen molar-refractivity contribution in [3.8, 4) is 0 Å². The van der Waals surface area contributed by atoms with E-state index in [4.69, 9.17) is 0 Å². The van der Waals surface area contributed by atoms with E-state index in [0.717, 1.165) is 10.7 Å². The predicted molar refractivity (Wildman–Crippen MR) is 81.4 cm³/mol. The van der Waals surface area contributed by atoms with Crippen molar-refractivity contribution in [2.75, 3.05) is 0 Å². The summed E-state index contributed by atoms with van der Waals surface area (Å²) in [6.45, 7) is 5.76. The van der Waals surface area contributed by atoms with Gasteiger partial charge in [0.2, 0.25) is 5.91 Å². The van der Waals surface area contributed by atoms with E-state index in [-0.39, 0.29) is 17.9 Å². The number of aromatic nitrogens is 3. The first-order valence-corrected chi connectivity index (χ1v) is 7.47. The summed E-state index contributed by atoms with van der Waals surface area (Å²) in [7, 11) is 1.67. The third kappa shape index (κ3) is 3.55. The number of carbonyl (C=O) groups excluding carboxylic acids is 1. The molecule has 6 nitrogen and oxygen atoms in total. The minimum absolute atomic E-state index is 0.104. The van der Waals surface area contributed by atoms with Crippen molar-refractivity contribution in [1.29, 1.82) is 0 Å². The minimum atomic E-state index is -0.161. The molecule has 0 aliphatic rings. The molecule has 2 rings (SSSR count). The van der Waals surface area contributed by atoms with Crippen LogP contribution in [0, 0.1) is 20.8 Å². The molecule has 0 aromatic carbocycles. The number of rotatable bonds is 4. The highest BCUT2D eigenvalue weighted by Gasteiger charge is 2.12. The molecule has 0 unspecified atom stereocenters. The molecule has 0 saturated carbocycles. The zero-order valence-corrected chi connectivity index (χ0v) is 13.4. The summed E-state index contributed by atoms with van der Waals surface area (Å²) in [6.07, 6.45) is 0.104. The number of hydrogen-bond donors (Lipinski definition) is 1. The Kier molecular flexibility index (Phi) is 4.52. The number of amides is 1. The topological polar surface area (TPSA) is 76.9 Å². The monoisotopic (exact) mass is 306 g/mol. The molecule has 21 heavy (non-hydrogen) atoms. The predicted octanol–water partition coefficient (Wildman–Crippen LogP) is 1.02. The zero-order valence-electron chi connectivity index (χ0n) is 12.6. The van der Waals surface area contributed by atoms with Crippen LogP contribution in [-0.4, -0.2) is 20.4 Å². The number of hydrogen-bond acceptors (Lipinski definition) is 5. The summed E-state index contributed by atoms with van der Waals surface area (Å²) >= 11 is 1.51. The first kappa shape index (κ1) is 15.4. The first-order chi connectivity index (χ1) is 9.88. The lowest BCUT2D eigenvalue weighted by Gasteiger charge is -2.09. The Balaban J connectivity index is 2.05. The van der Waals surface area contributed by atoms with E-state index >= 15 is 0 Å². The van der Waals surface area contributed by atoms with E-state index < -0.39 is 0 Å².